The van der Waals surface area contributed by atoms with E-state index >= 15 is 0 Å². The Hall–Kier alpha value is -1.29. The van der Waals surface area contributed by atoms with Crippen molar-refractivity contribution in [1.82, 2.24) is 4.98 Å². The summed E-state index contributed by atoms with van der Waals surface area (Å²) in [5.74, 6) is 1.26. The van der Waals surface area contributed by atoms with Gasteiger partial charge in [-0.05, 0) is 31.7 Å². The number of anilines is 1. The van der Waals surface area contributed by atoms with Crippen LogP contribution in [0.3, 0.4) is 0 Å². The summed E-state index contributed by atoms with van der Waals surface area (Å²) in [5, 5.41) is 0. The highest BCUT2D eigenvalue weighted by Crippen LogP contribution is 2.18. The van der Waals surface area contributed by atoms with Crippen molar-refractivity contribution < 1.29 is 9.47 Å². The lowest BCUT2D eigenvalue weighted by Crippen LogP contribution is -2.21. The fraction of sp³-hybridized carbons (Fsp3) is 0.583. The van der Waals surface area contributed by atoms with Gasteiger partial charge in [0.05, 0.1) is 18.0 Å². The van der Waals surface area contributed by atoms with Crippen molar-refractivity contribution in [2.45, 2.75) is 19.8 Å². The zero-order chi connectivity index (χ0) is 11.4. The molecule has 0 bridgehead atoms. The summed E-state index contributed by atoms with van der Waals surface area (Å²) in [4.78, 5) is 4.28. The topological polar surface area (TPSA) is 57.4 Å². The fourth-order valence-corrected chi connectivity index (χ4v) is 1.75. The van der Waals surface area contributed by atoms with Gasteiger partial charge in [0.25, 0.3) is 0 Å². The summed E-state index contributed by atoms with van der Waals surface area (Å²) in [5.41, 5.74) is 7.22. The first kappa shape index (κ1) is 11.2. The van der Waals surface area contributed by atoms with E-state index in [-0.39, 0.29) is 0 Å². The molecule has 0 saturated carbocycles. The molecule has 88 valence electrons. The lowest BCUT2D eigenvalue weighted by molar-refractivity contribution is 0.0490. The number of aromatic nitrogens is 1. The first-order valence-corrected chi connectivity index (χ1v) is 5.69. The first-order valence-electron chi connectivity index (χ1n) is 5.69. The molecule has 1 aromatic rings. The second-order valence-corrected chi connectivity index (χ2v) is 4.19. The van der Waals surface area contributed by atoms with Gasteiger partial charge in [-0.1, -0.05) is 0 Å². The standard InChI is InChI=1S/C12H18N2O2/c1-9-11(13)2-3-12(14-9)16-8-10-4-6-15-7-5-10/h2-3,10H,4-8,13H2,1H3. The summed E-state index contributed by atoms with van der Waals surface area (Å²) >= 11 is 0. The molecule has 1 aliphatic rings. The predicted molar refractivity (Wildman–Crippen MR) is 62.4 cm³/mol. The number of nitrogen functional groups attached to an aromatic ring is 1. The Kier molecular flexibility index (Phi) is 3.62. The molecule has 1 aliphatic heterocycles. The van der Waals surface area contributed by atoms with E-state index in [9.17, 15) is 0 Å². The molecule has 0 aromatic carbocycles. The number of hydrogen-bond acceptors (Lipinski definition) is 4. The Morgan fingerprint density at radius 3 is 2.88 bits per heavy atom. The molecule has 0 spiro atoms. The number of hydrogen-bond donors (Lipinski definition) is 1. The van der Waals surface area contributed by atoms with Crippen molar-refractivity contribution in [3.05, 3.63) is 17.8 Å². The van der Waals surface area contributed by atoms with E-state index in [1.807, 2.05) is 19.1 Å². The first-order chi connectivity index (χ1) is 7.75. The third-order valence-electron chi connectivity index (χ3n) is 2.91. The minimum absolute atomic E-state index is 0.591. The summed E-state index contributed by atoms with van der Waals surface area (Å²) in [7, 11) is 0. The average Bonchev–Trinajstić information content (AvgIpc) is 2.32. The van der Waals surface area contributed by atoms with Crippen LogP contribution in [-0.4, -0.2) is 24.8 Å². The van der Waals surface area contributed by atoms with Gasteiger partial charge in [-0.25, -0.2) is 4.98 Å². The van der Waals surface area contributed by atoms with Crippen molar-refractivity contribution in [2.75, 3.05) is 25.6 Å². The van der Waals surface area contributed by atoms with Crippen LogP contribution in [0.15, 0.2) is 12.1 Å². The zero-order valence-electron chi connectivity index (χ0n) is 9.61. The number of nitrogens with zero attached hydrogens (tertiary/aromatic N) is 1. The lowest BCUT2D eigenvalue weighted by atomic mass is 10.0. The molecule has 2 rings (SSSR count). The molecule has 16 heavy (non-hydrogen) atoms. The van der Waals surface area contributed by atoms with Gasteiger partial charge in [0, 0.05) is 19.3 Å². The Morgan fingerprint density at radius 2 is 2.19 bits per heavy atom. The van der Waals surface area contributed by atoms with Gasteiger partial charge in [-0.3, -0.25) is 0 Å². The van der Waals surface area contributed by atoms with Crippen molar-refractivity contribution in [3.8, 4) is 5.88 Å². The molecule has 1 fully saturated rings. The quantitative estimate of drug-likeness (QED) is 0.847. The Labute approximate surface area is 95.8 Å². The van der Waals surface area contributed by atoms with Crippen LogP contribution in [0.4, 0.5) is 5.69 Å². The van der Waals surface area contributed by atoms with Gasteiger partial charge in [0.1, 0.15) is 0 Å². The maximum atomic E-state index is 5.69. The fourth-order valence-electron chi connectivity index (χ4n) is 1.75. The second kappa shape index (κ2) is 5.16. The largest absolute Gasteiger partial charge is 0.477 e. The number of rotatable bonds is 3. The van der Waals surface area contributed by atoms with Gasteiger partial charge >= 0.3 is 0 Å². The van der Waals surface area contributed by atoms with E-state index in [1.165, 1.54) is 0 Å². The normalized spacial score (nSPS) is 17.3. The van der Waals surface area contributed by atoms with Crippen LogP contribution in [0.5, 0.6) is 5.88 Å². The molecule has 4 nitrogen and oxygen atoms in total. The number of ether oxygens (including phenoxy) is 2. The summed E-state index contributed by atoms with van der Waals surface area (Å²) in [6.45, 7) is 4.31. The maximum Gasteiger partial charge on any atom is 0.213 e. The Bertz CT molecular complexity index is 349. The SMILES string of the molecule is Cc1nc(OCC2CCOCC2)ccc1N. The molecule has 0 aliphatic carbocycles. The van der Waals surface area contributed by atoms with E-state index in [0.717, 1.165) is 38.4 Å². The highest BCUT2D eigenvalue weighted by molar-refractivity contribution is 5.43. The van der Waals surface area contributed by atoms with Crippen LogP contribution in [-0.2, 0) is 4.74 Å². The monoisotopic (exact) mass is 222 g/mol. The molecule has 1 aromatic heterocycles. The second-order valence-electron chi connectivity index (χ2n) is 4.19. The number of nitrogens with two attached hydrogens (primary N) is 1. The van der Waals surface area contributed by atoms with Gasteiger partial charge < -0.3 is 15.2 Å². The zero-order valence-corrected chi connectivity index (χ0v) is 9.61. The van der Waals surface area contributed by atoms with Crippen molar-refractivity contribution in [3.63, 3.8) is 0 Å². The minimum atomic E-state index is 0.591. The molecule has 2 heterocycles. The Balaban J connectivity index is 1.86. The average molecular weight is 222 g/mol. The molecule has 0 amide bonds. The van der Waals surface area contributed by atoms with E-state index in [2.05, 4.69) is 4.98 Å². The molecule has 2 N–H and O–H groups in total. The van der Waals surface area contributed by atoms with Gasteiger partial charge in [-0.15, -0.1) is 0 Å². The van der Waals surface area contributed by atoms with E-state index < -0.39 is 0 Å². The van der Waals surface area contributed by atoms with Gasteiger partial charge in [0.15, 0.2) is 0 Å². The van der Waals surface area contributed by atoms with Crippen LogP contribution in [0, 0.1) is 12.8 Å². The summed E-state index contributed by atoms with van der Waals surface area (Å²) in [6, 6.07) is 3.66. The van der Waals surface area contributed by atoms with Crippen LogP contribution < -0.4 is 10.5 Å². The number of aryl methyl sites for hydroxylation is 1. The molecule has 0 radical (unpaired) electrons. The molecule has 4 heteroatoms. The summed E-state index contributed by atoms with van der Waals surface area (Å²) < 4.78 is 11.0. The maximum absolute atomic E-state index is 5.69. The molecular formula is C12H18N2O2. The van der Waals surface area contributed by atoms with Crippen molar-refractivity contribution in [1.29, 1.82) is 0 Å². The van der Waals surface area contributed by atoms with E-state index in [4.69, 9.17) is 15.2 Å². The van der Waals surface area contributed by atoms with E-state index in [0.29, 0.717) is 17.5 Å². The molecule has 0 unspecified atom stereocenters. The molecule has 0 atom stereocenters. The van der Waals surface area contributed by atoms with Crippen LogP contribution in [0.2, 0.25) is 0 Å². The van der Waals surface area contributed by atoms with Crippen LogP contribution >= 0.6 is 0 Å². The smallest absolute Gasteiger partial charge is 0.213 e. The number of pyridine rings is 1. The molecule has 1 saturated heterocycles. The van der Waals surface area contributed by atoms with E-state index in [1.54, 1.807) is 0 Å². The van der Waals surface area contributed by atoms with Crippen LogP contribution in [0.1, 0.15) is 18.5 Å². The third-order valence-corrected chi connectivity index (χ3v) is 2.91. The van der Waals surface area contributed by atoms with Crippen molar-refractivity contribution in [2.24, 2.45) is 5.92 Å². The van der Waals surface area contributed by atoms with Crippen LogP contribution in [0.25, 0.3) is 0 Å². The molecular weight excluding hydrogens is 204 g/mol. The predicted octanol–water partition coefficient (Wildman–Crippen LogP) is 1.78. The third kappa shape index (κ3) is 2.85. The van der Waals surface area contributed by atoms with Crippen molar-refractivity contribution >= 4 is 5.69 Å². The highest BCUT2D eigenvalue weighted by Gasteiger charge is 2.14. The lowest BCUT2D eigenvalue weighted by Gasteiger charge is -2.21. The summed E-state index contributed by atoms with van der Waals surface area (Å²) in [6.07, 6.45) is 2.15. The Morgan fingerprint density at radius 1 is 1.44 bits per heavy atom. The van der Waals surface area contributed by atoms with Gasteiger partial charge in [0.2, 0.25) is 5.88 Å². The highest BCUT2D eigenvalue weighted by atomic mass is 16.5. The minimum Gasteiger partial charge on any atom is -0.477 e. The van der Waals surface area contributed by atoms with Gasteiger partial charge in [-0.2, -0.15) is 0 Å².